The molecule has 2 saturated heterocycles. The fraction of sp³-hybridized carbons (Fsp3) is 1.00. The molecular weight excluding hydrogens is 234 g/mol. The van der Waals surface area contributed by atoms with Gasteiger partial charge in [-0.15, -0.1) is 0 Å². The molecule has 0 atom stereocenters. The maximum atomic E-state index is 3.59. The zero-order valence-electron chi connectivity index (χ0n) is 13.0. The third-order valence-corrected chi connectivity index (χ3v) is 4.70. The van der Waals surface area contributed by atoms with E-state index in [2.05, 4.69) is 29.0 Å². The number of nitrogens with zero attached hydrogens (tertiary/aromatic N) is 2. The molecule has 0 bridgehead atoms. The molecular formula is C16H33N3. The van der Waals surface area contributed by atoms with Crippen molar-refractivity contribution >= 4 is 0 Å². The van der Waals surface area contributed by atoms with Crippen molar-refractivity contribution in [1.82, 2.24) is 15.1 Å². The number of piperidine rings is 2. The average Bonchev–Trinajstić information content (AvgIpc) is 2.45. The lowest BCUT2D eigenvalue weighted by Gasteiger charge is -2.34. The first-order valence-electron chi connectivity index (χ1n) is 8.42. The molecule has 112 valence electrons. The minimum absolute atomic E-state index is 0.636. The monoisotopic (exact) mass is 267 g/mol. The van der Waals surface area contributed by atoms with Crippen molar-refractivity contribution in [2.75, 3.05) is 45.8 Å². The predicted octanol–water partition coefficient (Wildman–Crippen LogP) is 2.18. The van der Waals surface area contributed by atoms with Crippen LogP contribution in [0.1, 0.15) is 46.0 Å². The van der Waals surface area contributed by atoms with Crippen LogP contribution in [0.2, 0.25) is 0 Å². The zero-order chi connectivity index (χ0) is 13.5. The van der Waals surface area contributed by atoms with Crippen LogP contribution in [0.3, 0.4) is 0 Å². The molecule has 2 fully saturated rings. The van der Waals surface area contributed by atoms with Crippen LogP contribution in [-0.2, 0) is 0 Å². The summed E-state index contributed by atoms with van der Waals surface area (Å²) in [6, 6.07) is 0.636. The van der Waals surface area contributed by atoms with Gasteiger partial charge >= 0.3 is 0 Å². The number of hydrogen-bond donors (Lipinski definition) is 1. The highest BCUT2D eigenvalue weighted by Crippen LogP contribution is 2.17. The maximum Gasteiger partial charge on any atom is 0.0109 e. The van der Waals surface area contributed by atoms with Crippen LogP contribution in [0, 0.1) is 5.92 Å². The molecule has 0 saturated carbocycles. The molecule has 0 unspecified atom stereocenters. The van der Waals surface area contributed by atoms with Gasteiger partial charge in [-0.1, -0.05) is 20.3 Å². The quantitative estimate of drug-likeness (QED) is 0.796. The van der Waals surface area contributed by atoms with E-state index < -0.39 is 0 Å². The van der Waals surface area contributed by atoms with E-state index >= 15 is 0 Å². The van der Waals surface area contributed by atoms with Gasteiger partial charge in [-0.2, -0.15) is 0 Å². The molecule has 0 spiro atoms. The van der Waals surface area contributed by atoms with Crippen LogP contribution >= 0.6 is 0 Å². The number of rotatable bonds is 6. The summed E-state index contributed by atoms with van der Waals surface area (Å²) in [5, 5.41) is 3.59. The van der Waals surface area contributed by atoms with Crippen molar-refractivity contribution in [1.29, 1.82) is 0 Å². The molecule has 3 heteroatoms. The summed E-state index contributed by atoms with van der Waals surface area (Å²) in [5.41, 5.74) is 0. The van der Waals surface area contributed by atoms with Crippen molar-refractivity contribution < 1.29 is 0 Å². The van der Waals surface area contributed by atoms with Crippen molar-refractivity contribution in [2.45, 2.75) is 52.0 Å². The van der Waals surface area contributed by atoms with E-state index in [-0.39, 0.29) is 0 Å². The first kappa shape index (κ1) is 15.3. The van der Waals surface area contributed by atoms with Gasteiger partial charge in [0.25, 0.3) is 0 Å². The molecule has 0 aromatic carbocycles. The van der Waals surface area contributed by atoms with Gasteiger partial charge in [-0.25, -0.2) is 0 Å². The van der Waals surface area contributed by atoms with Crippen molar-refractivity contribution in [3.8, 4) is 0 Å². The Bertz CT molecular complexity index is 228. The molecule has 0 aromatic heterocycles. The lowest BCUT2D eigenvalue weighted by atomic mass is 9.96. The Labute approximate surface area is 119 Å². The normalized spacial score (nSPS) is 24.2. The number of nitrogens with one attached hydrogen (secondary N) is 1. The topological polar surface area (TPSA) is 18.5 Å². The summed E-state index contributed by atoms with van der Waals surface area (Å²) in [5.74, 6) is 0.911. The highest BCUT2D eigenvalue weighted by atomic mass is 15.2. The van der Waals surface area contributed by atoms with Gasteiger partial charge < -0.3 is 15.1 Å². The Morgan fingerprint density at radius 1 is 0.895 bits per heavy atom. The van der Waals surface area contributed by atoms with E-state index in [1.807, 2.05) is 0 Å². The van der Waals surface area contributed by atoms with E-state index in [4.69, 9.17) is 0 Å². The lowest BCUT2D eigenvalue weighted by Crippen LogP contribution is -2.43. The zero-order valence-corrected chi connectivity index (χ0v) is 13.0. The van der Waals surface area contributed by atoms with Gasteiger partial charge in [0, 0.05) is 19.1 Å². The third kappa shape index (κ3) is 5.80. The summed E-state index contributed by atoms with van der Waals surface area (Å²) in [6.45, 7) is 13.6. The fourth-order valence-electron chi connectivity index (χ4n) is 3.28. The second kappa shape index (κ2) is 8.23. The first-order chi connectivity index (χ1) is 9.24. The van der Waals surface area contributed by atoms with Crippen LogP contribution in [-0.4, -0.2) is 61.7 Å². The second-order valence-electron chi connectivity index (χ2n) is 6.75. The molecule has 0 amide bonds. The van der Waals surface area contributed by atoms with Crippen LogP contribution < -0.4 is 5.32 Å². The number of likely N-dealkylation sites (tertiary alicyclic amines) is 2. The molecule has 0 aliphatic carbocycles. The van der Waals surface area contributed by atoms with Gasteiger partial charge in [0.15, 0.2) is 0 Å². The smallest absolute Gasteiger partial charge is 0.0109 e. The minimum Gasteiger partial charge on any atom is -0.314 e. The Kier molecular flexibility index (Phi) is 6.62. The summed E-state index contributed by atoms with van der Waals surface area (Å²) < 4.78 is 0. The third-order valence-electron chi connectivity index (χ3n) is 4.70. The maximum absolute atomic E-state index is 3.59. The fourth-order valence-corrected chi connectivity index (χ4v) is 3.28. The van der Waals surface area contributed by atoms with E-state index in [1.54, 1.807) is 0 Å². The highest BCUT2D eigenvalue weighted by molar-refractivity contribution is 4.76. The van der Waals surface area contributed by atoms with Crippen LogP contribution in [0.4, 0.5) is 0 Å². The summed E-state index contributed by atoms with van der Waals surface area (Å²) in [7, 11) is 0. The molecule has 1 N–H and O–H groups in total. The highest BCUT2D eigenvalue weighted by Gasteiger charge is 2.19. The van der Waals surface area contributed by atoms with Gasteiger partial charge in [-0.05, 0) is 64.3 Å². The molecule has 2 aliphatic heterocycles. The van der Waals surface area contributed by atoms with Crippen molar-refractivity contribution in [3.05, 3.63) is 0 Å². The minimum atomic E-state index is 0.636. The second-order valence-corrected chi connectivity index (χ2v) is 6.75. The van der Waals surface area contributed by atoms with Crippen LogP contribution in [0.25, 0.3) is 0 Å². The predicted molar refractivity (Wildman–Crippen MR) is 82.6 cm³/mol. The SMILES string of the molecule is CC(C)NCC1CCN(CCN2CCCCC2)CC1. The van der Waals surface area contributed by atoms with Crippen LogP contribution in [0.15, 0.2) is 0 Å². The molecule has 2 rings (SSSR count). The Morgan fingerprint density at radius 3 is 2.05 bits per heavy atom. The average molecular weight is 267 g/mol. The van der Waals surface area contributed by atoms with E-state index in [0.29, 0.717) is 6.04 Å². The Balaban J connectivity index is 1.55. The largest absolute Gasteiger partial charge is 0.314 e. The number of hydrogen-bond acceptors (Lipinski definition) is 3. The van der Waals surface area contributed by atoms with Gasteiger partial charge in [0.2, 0.25) is 0 Å². The molecule has 2 heterocycles. The van der Waals surface area contributed by atoms with Crippen molar-refractivity contribution in [2.24, 2.45) is 5.92 Å². The molecule has 0 aromatic rings. The Hall–Kier alpha value is -0.120. The van der Waals surface area contributed by atoms with E-state index in [1.165, 1.54) is 77.9 Å². The van der Waals surface area contributed by atoms with Crippen LogP contribution in [0.5, 0.6) is 0 Å². The summed E-state index contributed by atoms with van der Waals surface area (Å²) in [6.07, 6.45) is 7.07. The van der Waals surface area contributed by atoms with Crippen molar-refractivity contribution in [3.63, 3.8) is 0 Å². The van der Waals surface area contributed by atoms with Gasteiger partial charge in [0.1, 0.15) is 0 Å². The molecule has 19 heavy (non-hydrogen) atoms. The first-order valence-corrected chi connectivity index (χ1v) is 8.42. The van der Waals surface area contributed by atoms with Gasteiger partial charge in [0.05, 0.1) is 0 Å². The van der Waals surface area contributed by atoms with Gasteiger partial charge in [-0.3, -0.25) is 0 Å². The molecule has 3 nitrogen and oxygen atoms in total. The summed E-state index contributed by atoms with van der Waals surface area (Å²) in [4.78, 5) is 5.34. The van der Waals surface area contributed by atoms with E-state index in [9.17, 15) is 0 Å². The lowest BCUT2D eigenvalue weighted by molar-refractivity contribution is 0.144. The molecule has 2 aliphatic rings. The molecule has 0 radical (unpaired) electrons. The van der Waals surface area contributed by atoms with E-state index in [0.717, 1.165) is 5.92 Å². The standard InChI is InChI=1S/C16H33N3/c1-15(2)17-14-16-6-10-19(11-7-16)13-12-18-8-4-3-5-9-18/h15-17H,3-14H2,1-2H3. The summed E-state index contributed by atoms with van der Waals surface area (Å²) >= 11 is 0. The Morgan fingerprint density at radius 2 is 1.47 bits per heavy atom.